The summed E-state index contributed by atoms with van der Waals surface area (Å²) in [5.74, 6) is -0.499. The van der Waals surface area contributed by atoms with Gasteiger partial charge in [-0.3, -0.25) is 19.6 Å². The van der Waals surface area contributed by atoms with E-state index in [9.17, 15) is 19.3 Å². The number of carbonyl (C=O) groups excluding carboxylic acids is 1. The Kier molecular flexibility index (Phi) is 6.75. The van der Waals surface area contributed by atoms with Gasteiger partial charge < -0.3 is 10.1 Å². The molecule has 0 unspecified atom stereocenters. The van der Waals surface area contributed by atoms with E-state index in [1.807, 2.05) is 0 Å². The van der Waals surface area contributed by atoms with Gasteiger partial charge in [0.1, 0.15) is 16.6 Å². The first kappa shape index (κ1) is 23.2. The number of aromatic nitrogens is 4. The molecule has 4 rings (SSSR count). The van der Waals surface area contributed by atoms with Crippen LogP contribution in [0.1, 0.15) is 16.1 Å². The maximum absolute atomic E-state index is 13.1. The predicted molar refractivity (Wildman–Crippen MR) is 122 cm³/mol. The van der Waals surface area contributed by atoms with Gasteiger partial charge in [0.25, 0.3) is 11.6 Å². The third kappa shape index (κ3) is 5.50. The molecule has 0 saturated carbocycles. The van der Waals surface area contributed by atoms with Crippen molar-refractivity contribution in [3.05, 3.63) is 98.2 Å². The molecule has 2 aromatic heterocycles. The molecule has 0 saturated heterocycles. The number of nitro benzene ring substituents is 1. The molecule has 174 valence electrons. The topological polar surface area (TPSA) is 117 Å². The summed E-state index contributed by atoms with van der Waals surface area (Å²) in [5.41, 5.74) is 0.738. The average Bonchev–Trinajstić information content (AvgIpc) is 3.41. The predicted octanol–water partition coefficient (Wildman–Crippen LogP) is 4.77. The van der Waals surface area contributed by atoms with Gasteiger partial charge in [-0.15, -0.1) is 0 Å². The minimum absolute atomic E-state index is 0.0742. The number of carbonyl (C=O) groups is 1. The number of anilines is 1. The van der Waals surface area contributed by atoms with Gasteiger partial charge in [-0.05, 0) is 29.8 Å². The number of ether oxygens (including phenoxy) is 1. The number of amides is 1. The summed E-state index contributed by atoms with van der Waals surface area (Å²) in [6, 6.07) is 11.2. The quantitative estimate of drug-likeness (QED) is 0.272. The van der Waals surface area contributed by atoms with Crippen LogP contribution < -0.4 is 10.1 Å². The number of nitro groups is 1. The second-order valence-corrected chi connectivity index (χ2v) is 7.80. The summed E-state index contributed by atoms with van der Waals surface area (Å²) in [7, 11) is 0. The number of hydrogen-bond donors (Lipinski definition) is 1. The highest BCUT2D eigenvalue weighted by Gasteiger charge is 2.16. The number of benzene rings is 2. The Labute approximate surface area is 201 Å². The smallest absolute Gasteiger partial charge is 0.277 e. The first-order chi connectivity index (χ1) is 16.3. The van der Waals surface area contributed by atoms with Crippen LogP contribution >= 0.6 is 23.2 Å². The first-order valence-corrected chi connectivity index (χ1v) is 10.4. The lowest BCUT2D eigenvalue weighted by Gasteiger charge is -2.07. The fourth-order valence-corrected chi connectivity index (χ4v) is 3.35. The number of nitrogens with one attached hydrogen (secondary N) is 1. The third-order valence-corrected chi connectivity index (χ3v) is 5.13. The van der Waals surface area contributed by atoms with Gasteiger partial charge in [-0.1, -0.05) is 35.3 Å². The van der Waals surface area contributed by atoms with E-state index in [1.54, 1.807) is 18.3 Å². The zero-order valence-electron chi connectivity index (χ0n) is 17.2. The monoisotopic (exact) mass is 504 g/mol. The average molecular weight is 505 g/mol. The summed E-state index contributed by atoms with van der Waals surface area (Å²) in [5, 5.41) is 22.0. The van der Waals surface area contributed by atoms with Crippen LogP contribution in [0.4, 0.5) is 15.9 Å². The number of hydrogen-bond acceptors (Lipinski definition) is 6. The van der Waals surface area contributed by atoms with Crippen LogP contribution in [0.3, 0.4) is 0 Å². The number of nitrogens with zero attached hydrogens (tertiary/aromatic N) is 5. The van der Waals surface area contributed by atoms with Crippen LogP contribution in [0.5, 0.6) is 5.75 Å². The Hall–Kier alpha value is -3.96. The Bertz CT molecular complexity index is 1360. The first-order valence-electron chi connectivity index (χ1n) is 9.67. The van der Waals surface area contributed by atoms with Gasteiger partial charge in [-0.2, -0.15) is 10.2 Å². The number of rotatable bonds is 8. The summed E-state index contributed by atoms with van der Waals surface area (Å²) in [4.78, 5) is 22.8. The Balaban J connectivity index is 1.37. The molecule has 0 atom stereocenters. The lowest BCUT2D eigenvalue weighted by atomic mass is 10.2. The Morgan fingerprint density at radius 2 is 1.85 bits per heavy atom. The molecular weight excluding hydrogens is 490 g/mol. The molecule has 34 heavy (non-hydrogen) atoms. The van der Waals surface area contributed by atoms with Crippen molar-refractivity contribution in [2.75, 3.05) is 5.32 Å². The second kappa shape index (κ2) is 9.89. The van der Waals surface area contributed by atoms with Gasteiger partial charge >= 0.3 is 0 Å². The molecule has 0 fully saturated rings. The van der Waals surface area contributed by atoms with Crippen LogP contribution in [0, 0.1) is 15.9 Å². The minimum Gasteiger partial charge on any atom is -0.470 e. The van der Waals surface area contributed by atoms with Crippen molar-refractivity contribution in [2.45, 2.75) is 13.3 Å². The van der Waals surface area contributed by atoms with Crippen LogP contribution in [-0.4, -0.2) is 30.4 Å². The molecule has 4 aromatic rings. The van der Waals surface area contributed by atoms with Crippen molar-refractivity contribution in [2.24, 2.45) is 0 Å². The van der Waals surface area contributed by atoms with Gasteiger partial charge in [0, 0.05) is 24.5 Å². The van der Waals surface area contributed by atoms with E-state index in [1.165, 1.54) is 52.0 Å². The Morgan fingerprint density at radius 1 is 1.09 bits per heavy atom. The zero-order chi connectivity index (χ0) is 24.2. The van der Waals surface area contributed by atoms with Crippen molar-refractivity contribution in [1.82, 2.24) is 19.6 Å². The minimum atomic E-state index is -0.563. The van der Waals surface area contributed by atoms with Crippen molar-refractivity contribution in [3.8, 4) is 5.75 Å². The molecule has 2 aromatic carbocycles. The van der Waals surface area contributed by atoms with Crippen LogP contribution in [0.25, 0.3) is 0 Å². The molecule has 0 bridgehead atoms. The molecule has 0 spiro atoms. The van der Waals surface area contributed by atoms with Gasteiger partial charge in [0.05, 0.1) is 16.5 Å². The summed E-state index contributed by atoms with van der Waals surface area (Å²) >= 11 is 12.2. The summed E-state index contributed by atoms with van der Waals surface area (Å²) < 4.78 is 21.4. The largest absolute Gasteiger partial charge is 0.470 e. The Morgan fingerprint density at radius 3 is 2.56 bits per heavy atom. The van der Waals surface area contributed by atoms with Crippen molar-refractivity contribution in [1.29, 1.82) is 0 Å². The van der Waals surface area contributed by atoms with Crippen molar-refractivity contribution < 1.29 is 18.8 Å². The molecule has 10 nitrogen and oxygen atoms in total. The maximum Gasteiger partial charge on any atom is 0.277 e. The highest BCUT2D eigenvalue weighted by atomic mass is 35.5. The lowest BCUT2D eigenvalue weighted by Crippen LogP contribution is -2.15. The highest BCUT2D eigenvalue weighted by Crippen LogP contribution is 2.29. The molecule has 0 radical (unpaired) electrons. The lowest BCUT2D eigenvalue weighted by molar-refractivity contribution is -0.384. The van der Waals surface area contributed by atoms with E-state index < -0.39 is 10.8 Å². The fourth-order valence-electron chi connectivity index (χ4n) is 2.92. The SMILES string of the molecule is O=C(Nc1nn(Cc2ccc(F)cc2)cc1Cl)c1ccn(COc2ccc([N+](=O)[O-])cc2Cl)n1. The molecule has 0 aliphatic heterocycles. The van der Waals surface area contributed by atoms with E-state index >= 15 is 0 Å². The summed E-state index contributed by atoms with van der Waals surface area (Å²) in [6.07, 6.45) is 3.06. The second-order valence-electron chi connectivity index (χ2n) is 6.99. The number of non-ortho nitro benzene ring substituents is 1. The molecule has 1 N–H and O–H groups in total. The summed E-state index contributed by atoms with van der Waals surface area (Å²) in [6.45, 7) is 0.255. The highest BCUT2D eigenvalue weighted by molar-refractivity contribution is 6.33. The van der Waals surface area contributed by atoms with Crippen LogP contribution in [-0.2, 0) is 13.3 Å². The van der Waals surface area contributed by atoms with E-state index in [2.05, 4.69) is 15.5 Å². The van der Waals surface area contributed by atoms with Crippen LogP contribution in [0.15, 0.2) is 60.9 Å². The van der Waals surface area contributed by atoms with E-state index in [0.29, 0.717) is 6.54 Å². The third-order valence-electron chi connectivity index (χ3n) is 4.56. The van der Waals surface area contributed by atoms with Crippen molar-refractivity contribution >= 4 is 40.6 Å². The fraction of sp³-hybridized carbons (Fsp3) is 0.0952. The molecule has 1 amide bonds. The van der Waals surface area contributed by atoms with Gasteiger partial charge in [0.15, 0.2) is 18.2 Å². The van der Waals surface area contributed by atoms with Gasteiger partial charge in [-0.25, -0.2) is 9.07 Å². The molecule has 0 aliphatic rings. The maximum atomic E-state index is 13.1. The molecule has 13 heteroatoms. The molecule has 2 heterocycles. The number of halogens is 3. The van der Waals surface area contributed by atoms with Crippen LogP contribution in [0.2, 0.25) is 10.0 Å². The standard InChI is InChI=1S/C21H15Cl2FN6O4/c22-16-9-15(30(32)33)5-6-19(16)34-12-28-8-7-18(26-28)21(31)25-20-17(23)11-29(27-20)10-13-1-3-14(24)4-2-13/h1-9,11H,10,12H2,(H,25,27,31). The van der Waals surface area contributed by atoms with E-state index in [-0.39, 0.29) is 45.5 Å². The zero-order valence-corrected chi connectivity index (χ0v) is 18.7. The van der Waals surface area contributed by atoms with E-state index in [0.717, 1.165) is 5.56 Å². The van der Waals surface area contributed by atoms with Crippen molar-refractivity contribution in [3.63, 3.8) is 0 Å². The normalized spacial score (nSPS) is 10.8. The van der Waals surface area contributed by atoms with Gasteiger partial charge in [0.2, 0.25) is 0 Å². The molecule has 0 aliphatic carbocycles. The molecular formula is C21H15Cl2FN6O4. The van der Waals surface area contributed by atoms with E-state index in [4.69, 9.17) is 27.9 Å².